The summed E-state index contributed by atoms with van der Waals surface area (Å²) in [5, 5.41) is 14.1. The van der Waals surface area contributed by atoms with Gasteiger partial charge in [-0.1, -0.05) is 19.9 Å². The minimum atomic E-state index is -0.671. The van der Waals surface area contributed by atoms with E-state index in [0.717, 1.165) is 5.69 Å². The van der Waals surface area contributed by atoms with Crippen LogP contribution < -0.4 is 10.5 Å². The average Bonchev–Trinajstić information content (AvgIpc) is 3.10. The Balaban J connectivity index is 2.36. The number of nitrogens with two attached hydrogens (primary N) is 1. The SMILES string of the molecule is CCc1nn(C(C)OCOCCOC)c(CC)c1Oc1c(C#N)cccc1C(N)=O. The van der Waals surface area contributed by atoms with Gasteiger partial charge < -0.3 is 24.7 Å². The third-order valence-electron chi connectivity index (χ3n) is 4.47. The van der Waals surface area contributed by atoms with Crippen molar-refractivity contribution in [3.8, 4) is 17.6 Å². The number of hydrogen-bond acceptors (Lipinski definition) is 7. The first-order valence-corrected chi connectivity index (χ1v) is 9.77. The van der Waals surface area contributed by atoms with Crippen molar-refractivity contribution in [2.45, 2.75) is 39.8 Å². The zero-order chi connectivity index (χ0) is 22.1. The minimum absolute atomic E-state index is 0.0915. The number of carbonyl (C=O) groups excluding carboxylic acids is 1. The third kappa shape index (κ3) is 5.36. The molecule has 1 amide bonds. The van der Waals surface area contributed by atoms with Crippen molar-refractivity contribution in [3.05, 3.63) is 40.7 Å². The molecule has 0 aliphatic rings. The number of ether oxygens (including phenoxy) is 4. The normalized spacial score (nSPS) is 11.8. The molecule has 0 aliphatic carbocycles. The van der Waals surface area contributed by atoms with Crippen LogP contribution in [0, 0.1) is 11.3 Å². The summed E-state index contributed by atoms with van der Waals surface area (Å²) in [6.45, 7) is 6.77. The number of primary amides is 1. The molecule has 0 radical (unpaired) electrons. The Morgan fingerprint density at radius 2 is 2.03 bits per heavy atom. The van der Waals surface area contributed by atoms with Gasteiger partial charge in [0, 0.05) is 7.11 Å². The van der Waals surface area contributed by atoms with E-state index in [1.54, 1.807) is 23.9 Å². The quantitative estimate of drug-likeness (QED) is 0.417. The van der Waals surface area contributed by atoms with Gasteiger partial charge in [0.05, 0.1) is 30.0 Å². The number of nitrogens with zero attached hydrogens (tertiary/aromatic N) is 3. The lowest BCUT2D eigenvalue weighted by molar-refractivity contribution is -0.119. The molecule has 0 fully saturated rings. The molecule has 30 heavy (non-hydrogen) atoms. The highest BCUT2D eigenvalue weighted by Gasteiger charge is 2.24. The smallest absolute Gasteiger partial charge is 0.252 e. The van der Waals surface area contributed by atoms with Crippen molar-refractivity contribution in [2.24, 2.45) is 5.73 Å². The zero-order valence-electron chi connectivity index (χ0n) is 17.8. The van der Waals surface area contributed by atoms with Crippen LogP contribution in [0.15, 0.2) is 18.2 Å². The van der Waals surface area contributed by atoms with Gasteiger partial charge in [0.2, 0.25) is 0 Å². The second-order valence-electron chi connectivity index (χ2n) is 6.42. The number of carbonyl (C=O) groups is 1. The standard InChI is InChI=1S/C21H28N4O5/c1-5-17-20(30-19-15(12-22)8-7-9-16(19)21(23)26)18(6-2)25(24-17)14(3)29-13-28-11-10-27-4/h7-9,14H,5-6,10-11,13H2,1-4H3,(H2,23,26). The van der Waals surface area contributed by atoms with Crippen molar-refractivity contribution in [3.63, 3.8) is 0 Å². The van der Waals surface area contributed by atoms with Crippen LogP contribution in [0.4, 0.5) is 0 Å². The number of para-hydroxylation sites is 1. The summed E-state index contributed by atoms with van der Waals surface area (Å²) in [6.07, 6.45) is 0.778. The van der Waals surface area contributed by atoms with Gasteiger partial charge in [0.15, 0.2) is 17.7 Å². The van der Waals surface area contributed by atoms with Gasteiger partial charge in [-0.05, 0) is 31.9 Å². The molecule has 9 nitrogen and oxygen atoms in total. The number of amides is 1. The second kappa shape index (κ2) is 11.3. The van der Waals surface area contributed by atoms with Gasteiger partial charge in [-0.25, -0.2) is 4.68 Å². The Labute approximate surface area is 176 Å². The first-order valence-electron chi connectivity index (χ1n) is 9.77. The molecular weight excluding hydrogens is 388 g/mol. The summed E-state index contributed by atoms with van der Waals surface area (Å²) < 4.78 is 23.9. The van der Waals surface area contributed by atoms with Gasteiger partial charge in [0.25, 0.3) is 5.91 Å². The molecule has 2 rings (SSSR count). The maximum Gasteiger partial charge on any atom is 0.252 e. The molecule has 2 N–H and O–H groups in total. The molecule has 2 aromatic rings. The molecule has 9 heteroatoms. The van der Waals surface area contributed by atoms with Crippen molar-refractivity contribution in [1.82, 2.24) is 9.78 Å². The van der Waals surface area contributed by atoms with Crippen LogP contribution in [0.3, 0.4) is 0 Å². The molecule has 0 spiro atoms. The number of aromatic nitrogens is 2. The molecule has 1 heterocycles. The largest absolute Gasteiger partial charge is 0.451 e. The molecule has 0 saturated heterocycles. The van der Waals surface area contributed by atoms with E-state index in [1.807, 2.05) is 26.8 Å². The first-order chi connectivity index (χ1) is 14.5. The van der Waals surface area contributed by atoms with E-state index in [9.17, 15) is 10.1 Å². The lowest BCUT2D eigenvalue weighted by Crippen LogP contribution is -2.16. The highest BCUT2D eigenvalue weighted by molar-refractivity contribution is 5.96. The number of aryl methyl sites for hydroxylation is 1. The molecule has 1 atom stereocenters. The maximum absolute atomic E-state index is 11.9. The van der Waals surface area contributed by atoms with Crippen molar-refractivity contribution < 1.29 is 23.7 Å². The van der Waals surface area contributed by atoms with E-state index in [1.165, 1.54) is 6.07 Å². The van der Waals surface area contributed by atoms with E-state index in [2.05, 4.69) is 5.10 Å². The van der Waals surface area contributed by atoms with E-state index < -0.39 is 12.1 Å². The van der Waals surface area contributed by atoms with Gasteiger partial charge in [-0.3, -0.25) is 4.79 Å². The van der Waals surface area contributed by atoms with Crippen molar-refractivity contribution in [2.75, 3.05) is 27.1 Å². The second-order valence-corrected chi connectivity index (χ2v) is 6.42. The highest BCUT2D eigenvalue weighted by atomic mass is 16.7. The molecule has 0 bridgehead atoms. The van der Waals surface area contributed by atoms with Crippen molar-refractivity contribution in [1.29, 1.82) is 5.26 Å². The van der Waals surface area contributed by atoms with Crippen LogP contribution in [0.25, 0.3) is 0 Å². The average molecular weight is 416 g/mol. The molecular formula is C21H28N4O5. The molecule has 1 unspecified atom stereocenters. The van der Waals surface area contributed by atoms with Crippen LogP contribution >= 0.6 is 0 Å². The van der Waals surface area contributed by atoms with E-state index in [0.29, 0.717) is 37.5 Å². The number of methoxy groups -OCH3 is 1. The predicted molar refractivity (Wildman–Crippen MR) is 109 cm³/mol. The van der Waals surface area contributed by atoms with Crippen LogP contribution in [0.2, 0.25) is 0 Å². The summed E-state index contributed by atoms with van der Waals surface area (Å²) in [5.74, 6) is -0.0376. The number of hydrogen-bond donors (Lipinski definition) is 1. The van der Waals surface area contributed by atoms with E-state index in [4.69, 9.17) is 24.7 Å². The molecule has 1 aromatic carbocycles. The fraction of sp³-hybridized carbons (Fsp3) is 0.476. The summed E-state index contributed by atoms with van der Waals surface area (Å²) in [4.78, 5) is 11.9. The summed E-state index contributed by atoms with van der Waals surface area (Å²) in [7, 11) is 1.60. The van der Waals surface area contributed by atoms with Gasteiger partial charge in [-0.15, -0.1) is 0 Å². The summed E-state index contributed by atoms with van der Waals surface area (Å²) >= 11 is 0. The van der Waals surface area contributed by atoms with Gasteiger partial charge in [0.1, 0.15) is 18.6 Å². The Hall–Kier alpha value is -2.93. The highest BCUT2D eigenvalue weighted by Crippen LogP contribution is 2.35. The number of benzene rings is 1. The monoisotopic (exact) mass is 416 g/mol. The van der Waals surface area contributed by atoms with Crippen LogP contribution in [-0.2, 0) is 27.1 Å². The van der Waals surface area contributed by atoms with Crippen LogP contribution in [0.5, 0.6) is 11.5 Å². The summed E-state index contributed by atoms with van der Waals surface area (Å²) in [5.41, 5.74) is 7.31. The Morgan fingerprint density at radius 1 is 1.27 bits per heavy atom. The topological polar surface area (TPSA) is 122 Å². The Bertz CT molecular complexity index is 904. The predicted octanol–water partition coefficient (Wildman–Crippen LogP) is 2.93. The fourth-order valence-corrected chi connectivity index (χ4v) is 2.93. The fourth-order valence-electron chi connectivity index (χ4n) is 2.93. The Morgan fingerprint density at radius 3 is 2.63 bits per heavy atom. The number of rotatable bonds is 12. The lowest BCUT2D eigenvalue weighted by atomic mass is 10.1. The van der Waals surface area contributed by atoms with Crippen LogP contribution in [0.1, 0.15) is 54.3 Å². The summed E-state index contributed by atoms with van der Waals surface area (Å²) in [6, 6.07) is 6.75. The third-order valence-corrected chi connectivity index (χ3v) is 4.47. The molecule has 0 aliphatic heterocycles. The first kappa shape index (κ1) is 23.3. The lowest BCUT2D eigenvalue weighted by Gasteiger charge is -2.17. The maximum atomic E-state index is 11.9. The molecule has 162 valence electrons. The van der Waals surface area contributed by atoms with Gasteiger partial charge in [-0.2, -0.15) is 10.4 Å². The minimum Gasteiger partial charge on any atom is -0.451 e. The van der Waals surface area contributed by atoms with Crippen LogP contribution in [-0.4, -0.2) is 42.8 Å². The van der Waals surface area contributed by atoms with Gasteiger partial charge >= 0.3 is 0 Å². The van der Waals surface area contributed by atoms with E-state index >= 15 is 0 Å². The number of nitriles is 1. The molecule has 0 saturated carbocycles. The van der Waals surface area contributed by atoms with Crippen molar-refractivity contribution >= 4 is 5.91 Å². The molecule has 1 aromatic heterocycles. The van der Waals surface area contributed by atoms with E-state index in [-0.39, 0.29) is 23.7 Å². The zero-order valence-corrected chi connectivity index (χ0v) is 17.8. The Kier molecular flexibility index (Phi) is 8.80.